The summed E-state index contributed by atoms with van der Waals surface area (Å²) in [7, 11) is 6.41. The first-order valence-corrected chi connectivity index (χ1v) is 8.23. The summed E-state index contributed by atoms with van der Waals surface area (Å²) in [5.74, 6) is 0. The Labute approximate surface area is 131 Å². The molecule has 1 saturated carbocycles. The average Bonchev–Trinajstić information content (AvgIpc) is 3.20. The van der Waals surface area contributed by atoms with Crippen LogP contribution in [0.4, 0.5) is 5.69 Å². The highest BCUT2D eigenvalue weighted by atomic mass is 79.9. The van der Waals surface area contributed by atoms with Crippen molar-refractivity contribution < 1.29 is 0 Å². The third-order valence-electron chi connectivity index (χ3n) is 3.73. The Hall–Kier alpha value is -0.580. The molecule has 0 radical (unpaired) electrons. The molecule has 0 spiro atoms. The number of hydrogen-bond donors (Lipinski definition) is 1. The molecule has 0 heterocycles. The highest BCUT2D eigenvalue weighted by Gasteiger charge is 2.20. The summed E-state index contributed by atoms with van der Waals surface area (Å²) >= 11 is 3.70. The van der Waals surface area contributed by atoms with Crippen molar-refractivity contribution in [3.63, 3.8) is 0 Å². The Morgan fingerprint density at radius 3 is 2.55 bits per heavy atom. The highest BCUT2D eigenvalue weighted by Crippen LogP contribution is 2.25. The highest BCUT2D eigenvalue weighted by molar-refractivity contribution is 9.10. The molecule has 0 aliphatic heterocycles. The second-order valence-electron chi connectivity index (χ2n) is 6.01. The molecular formula is C16H26BrN3. The largest absolute Gasteiger partial charge is 0.375 e. The maximum Gasteiger partial charge on any atom is 0.0375 e. The van der Waals surface area contributed by atoms with E-state index in [4.69, 9.17) is 0 Å². The maximum absolute atomic E-state index is 3.70. The van der Waals surface area contributed by atoms with Crippen LogP contribution in [-0.4, -0.2) is 45.2 Å². The smallest absolute Gasteiger partial charge is 0.0375 e. The number of hydrogen-bond acceptors (Lipinski definition) is 3. The van der Waals surface area contributed by atoms with Gasteiger partial charge in [-0.15, -0.1) is 0 Å². The lowest BCUT2D eigenvalue weighted by Crippen LogP contribution is -2.23. The number of halogens is 1. The van der Waals surface area contributed by atoms with Gasteiger partial charge in [0.15, 0.2) is 0 Å². The van der Waals surface area contributed by atoms with E-state index < -0.39 is 0 Å². The lowest BCUT2D eigenvalue weighted by atomic mass is 10.2. The molecule has 1 aliphatic rings. The second-order valence-corrected chi connectivity index (χ2v) is 6.86. The Kier molecular flexibility index (Phi) is 5.87. The molecule has 0 saturated heterocycles. The molecule has 1 N–H and O–H groups in total. The number of benzene rings is 1. The molecule has 0 bridgehead atoms. The zero-order valence-electron chi connectivity index (χ0n) is 12.8. The van der Waals surface area contributed by atoms with Crippen molar-refractivity contribution in [2.24, 2.45) is 0 Å². The molecule has 2 rings (SSSR count). The van der Waals surface area contributed by atoms with E-state index in [1.807, 2.05) is 0 Å². The van der Waals surface area contributed by atoms with Gasteiger partial charge in [0.2, 0.25) is 0 Å². The lowest BCUT2D eigenvalue weighted by Gasteiger charge is -2.21. The van der Waals surface area contributed by atoms with Gasteiger partial charge in [0.05, 0.1) is 0 Å². The van der Waals surface area contributed by atoms with Crippen LogP contribution < -0.4 is 10.2 Å². The first-order chi connectivity index (χ1) is 9.56. The summed E-state index contributed by atoms with van der Waals surface area (Å²) in [5, 5.41) is 3.56. The minimum absolute atomic E-state index is 0.760. The van der Waals surface area contributed by atoms with Crippen molar-refractivity contribution in [2.45, 2.75) is 31.8 Å². The predicted octanol–water partition coefficient (Wildman–Crippen LogP) is 3.09. The third kappa shape index (κ3) is 5.08. The van der Waals surface area contributed by atoms with Gasteiger partial charge in [-0.3, -0.25) is 0 Å². The van der Waals surface area contributed by atoms with Crippen LogP contribution in [0.1, 0.15) is 24.8 Å². The van der Waals surface area contributed by atoms with Gasteiger partial charge in [0, 0.05) is 36.3 Å². The van der Waals surface area contributed by atoms with Crippen molar-refractivity contribution in [2.75, 3.05) is 39.1 Å². The van der Waals surface area contributed by atoms with Gasteiger partial charge in [-0.05, 0) is 57.6 Å². The predicted molar refractivity (Wildman–Crippen MR) is 90.4 cm³/mol. The summed E-state index contributed by atoms with van der Waals surface area (Å²) in [6.45, 7) is 3.19. The van der Waals surface area contributed by atoms with E-state index >= 15 is 0 Å². The summed E-state index contributed by atoms with van der Waals surface area (Å²) in [4.78, 5) is 4.56. The van der Waals surface area contributed by atoms with Crippen LogP contribution in [0.15, 0.2) is 22.7 Å². The first kappa shape index (κ1) is 15.8. The van der Waals surface area contributed by atoms with Crippen LogP contribution in [0.3, 0.4) is 0 Å². The van der Waals surface area contributed by atoms with Crippen molar-refractivity contribution >= 4 is 21.6 Å². The number of rotatable bonds is 8. The molecule has 1 fully saturated rings. The van der Waals surface area contributed by atoms with Crippen molar-refractivity contribution in [3.05, 3.63) is 28.2 Å². The Balaban J connectivity index is 1.86. The molecule has 1 aliphatic carbocycles. The van der Waals surface area contributed by atoms with Gasteiger partial charge in [-0.2, -0.15) is 0 Å². The van der Waals surface area contributed by atoms with E-state index in [0.717, 1.165) is 25.7 Å². The molecule has 1 aromatic carbocycles. The van der Waals surface area contributed by atoms with Crippen molar-refractivity contribution in [1.82, 2.24) is 10.2 Å². The van der Waals surface area contributed by atoms with E-state index in [2.05, 4.69) is 70.4 Å². The zero-order valence-corrected chi connectivity index (χ0v) is 14.4. The number of nitrogens with one attached hydrogen (secondary N) is 1. The minimum atomic E-state index is 0.760. The van der Waals surface area contributed by atoms with Gasteiger partial charge in [-0.25, -0.2) is 0 Å². The number of anilines is 1. The molecule has 4 heteroatoms. The van der Waals surface area contributed by atoms with Gasteiger partial charge in [0.25, 0.3) is 0 Å². The monoisotopic (exact) mass is 339 g/mol. The third-order valence-corrected chi connectivity index (χ3v) is 4.47. The Morgan fingerprint density at radius 1 is 1.20 bits per heavy atom. The molecular weight excluding hydrogens is 314 g/mol. The van der Waals surface area contributed by atoms with Crippen LogP contribution in [0.25, 0.3) is 0 Å². The molecule has 0 atom stereocenters. The average molecular weight is 340 g/mol. The summed E-state index contributed by atoms with van der Waals surface area (Å²) in [6, 6.07) is 7.46. The topological polar surface area (TPSA) is 18.5 Å². The van der Waals surface area contributed by atoms with E-state index in [0.29, 0.717) is 0 Å². The molecule has 0 unspecified atom stereocenters. The van der Waals surface area contributed by atoms with Crippen LogP contribution in [0.5, 0.6) is 0 Å². The minimum Gasteiger partial charge on any atom is -0.375 e. The number of nitrogens with zero attached hydrogens (tertiary/aromatic N) is 2. The molecule has 1 aromatic rings. The fraction of sp³-hybridized carbons (Fsp3) is 0.625. The standard InChI is InChI=1S/C16H26BrN3/c1-19(2)9-4-10-20(3)15-8-5-13(16(17)11-15)12-18-14-6-7-14/h5,8,11,14,18H,4,6-7,9-10,12H2,1-3H3. The van der Waals surface area contributed by atoms with Gasteiger partial charge in [-0.1, -0.05) is 22.0 Å². The fourth-order valence-corrected chi connectivity index (χ4v) is 2.72. The Morgan fingerprint density at radius 2 is 1.95 bits per heavy atom. The van der Waals surface area contributed by atoms with E-state index in [-0.39, 0.29) is 0 Å². The Bertz CT molecular complexity index is 430. The van der Waals surface area contributed by atoms with E-state index in [9.17, 15) is 0 Å². The molecule has 0 amide bonds. The van der Waals surface area contributed by atoms with E-state index in [1.165, 1.54) is 35.0 Å². The van der Waals surface area contributed by atoms with Crippen molar-refractivity contribution in [1.29, 1.82) is 0 Å². The molecule has 112 valence electrons. The van der Waals surface area contributed by atoms with Crippen LogP contribution in [0.2, 0.25) is 0 Å². The molecule has 0 aromatic heterocycles. The van der Waals surface area contributed by atoms with Crippen LogP contribution in [-0.2, 0) is 6.54 Å². The summed E-state index contributed by atoms with van der Waals surface area (Å²) < 4.78 is 1.21. The maximum atomic E-state index is 3.70. The van der Waals surface area contributed by atoms with Crippen LogP contribution in [0, 0.1) is 0 Å². The summed E-state index contributed by atoms with van der Waals surface area (Å²) in [6.07, 6.45) is 3.86. The first-order valence-electron chi connectivity index (χ1n) is 7.44. The van der Waals surface area contributed by atoms with Gasteiger partial charge >= 0.3 is 0 Å². The molecule has 3 nitrogen and oxygen atoms in total. The summed E-state index contributed by atoms with van der Waals surface area (Å²) in [5.41, 5.74) is 2.63. The van der Waals surface area contributed by atoms with Gasteiger partial charge < -0.3 is 15.1 Å². The SMILES string of the molecule is CN(C)CCCN(C)c1ccc(CNC2CC2)c(Br)c1. The lowest BCUT2D eigenvalue weighted by molar-refractivity contribution is 0.401. The normalized spacial score (nSPS) is 14.8. The van der Waals surface area contributed by atoms with E-state index in [1.54, 1.807) is 0 Å². The zero-order chi connectivity index (χ0) is 14.5. The van der Waals surface area contributed by atoms with Gasteiger partial charge in [0.1, 0.15) is 0 Å². The second kappa shape index (κ2) is 7.43. The van der Waals surface area contributed by atoms with Crippen LogP contribution >= 0.6 is 15.9 Å². The quantitative estimate of drug-likeness (QED) is 0.785. The van der Waals surface area contributed by atoms with Crippen molar-refractivity contribution in [3.8, 4) is 0 Å². The molecule has 20 heavy (non-hydrogen) atoms. The fourth-order valence-electron chi connectivity index (χ4n) is 2.21.